The van der Waals surface area contributed by atoms with Gasteiger partial charge in [0, 0.05) is 6.20 Å². The first-order valence-electron chi connectivity index (χ1n) is 6.50. The Morgan fingerprint density at radius 2 is 2.23 bits per heavy atom. The number of methoxy groups -OCH3 is 1. The molecule has 0 amide bonds. The third kappa shape index (κ3) is 2.60. The molecule has 1 N–H and O–H groups in total. The molecular formula is C15H12ClN3O3. The predicted octanol–water partition coefficient (Wildman–Crippen LogP) is 2.21. The van der Waals surface area contributed by atoms with Crippen molar-refractivity contribution in [1.29, 1.82) is 0 Å². The number of aromatic amines is 1. The summed E-state index contributed by atoms with van der Waals surface area (Å²) in [4.78, 5) is 30.5. The summed E-state index contributed by atoms with van der Waals surface area (Å²) < 4.78 is 6.18. The van der Waals surface area contributed by atoms with Gasteiger partial charge >= 0.3 is 11.7 Å². The number of nitrogens with zero attached hydrogens (tertiary/aromatic N) is 2. The van der Waals surface area contributed by atoms with Crippen LogP contribution in [0.2, 0.25) is 5.02 Å². The van der Waals surface area contributed by atoms with E-state index in [1.807, 2.05) is 6.07 Å². The van der Waals surface area contributed by atoms with Gasteiger partial charge in [-0.3, -0.25) is 4.57 Å². The first kappa shape index (κ1) is 14.3. The number of carbonyl (C=O) groups is 1. The monoisotopic (exact) mass is 317 g/mol. The molecule has 0 bridgehead atoms. The van der Waals surface area contributed by atoms with Crippen molar-refractivity contribution >= 4 is 28.7 Å². The van der Waals surface area contributed by atoms with E-state index in [0.29, 0.717) is 21.7 Å². The summed E-state index contributed by atoms with van der Waals surface area (Å²) in [5, 5.41) is 0.452. The van der Waals surface area contributed by atoms with Crippen molar-refractivity contribution in [3.63, 3.8) is 0 Å². The smallest absolute Gasteiger partial charge is 0.337 e. The van der Waals surface area contributed by atoms with Crippen LogP contribution in [0.3, 0.4) is 0 Å². The van der Waals surface area contributed by atoms with Gasteiger partial charge in [-0.1, -0.05) is 23.7 Å². The van der Waals surface area contributed by atoms with Crippen LogP contribution in [0.15, 0.2) is 41.3 Å². The molecule has 7 heteroatoms. The highest BCUT2D eigenvalue weighted by Gasteiger charge is 2.11. The van der Waals surface area contributed by atoms with E-state index in [-0.39, 0.29) is 12.2 Å². The lowest BCUT2D eigenvalue weighted by Gasteiger charge is -2.05. The van der Waals surface area contributed by atoms with Gasteiger partial charge in [0.1, 0.15) is 0 Å². The van der Waals surface area contributed by atoms with Crippen molar-refractivity contribution in [3.05, 3.63) is 63.2 Å². The van der Waals surface area contributed by atoms with Crippen molar-refractivity contribution in [2.75, 3.05) is 7.11 Å². The molecule has 6 nitrogen and oxygen atoms in total. The maximum absolute atomic E-state index is 12.1. The second kappa shape index (κ2) is 5.65. The largest absolute Gasteiger partial charge is 0.465 e. The third-order valence-electron chi connectivity index (χ3n) is 3.26. The fraction of sp³-hybridized carbons (Fsp3) is 0.133. The highest BCUT2D eigenvalue weighted by atomic mass is 35.5. The number of imidazole rings is 1. The van der Waals surface area contributed by atoms with Crippen LogP contribution in [0.25, 0.3) is 11.2 Å². The Kier molecular flexibility index (Phi) is 3.68. The third-order valence-corrected chi connectivity index (χ3v) is 3.47. The van der Waals surface area contributed by atoms with Crippen molar-refractivity contribution in [3.8, 4) is 0 Å². The summed E-state index contributed by atoms with van der Waals surface area (Å²) in [6, 6.07) is 8.56. The van der Waals surface area contributed by atoms with E-state index >= 15 is 0 Å². The van der Waals surface area contributed by atoms with Crippen LogP contribution in [0.1, 0.15) is 15.9 Å². The number of aromatic nitrogens is 3. The van der Waals surface area contributed by atoms with Gasteiger partial charge in [0.2, 0.25) is 0 Å². The van der Waals surface area contributed by atoms with Gasteiger partial charge in [-0.05, 0) is 23.8 Å². The summed E-state index contributed by atoms with van der Waals surface area (Å²) >= 11 is 5.87. The number of fused-ring (bicyclic) bond motifs is 1. The van der Waals surface area contributed by atoms with Crippen LogP contribution in [0.4, 0.5) is 0 Å². The van der Waals surface area contributed by atoms with E-state index in [9.17, 15) is 9.59 Å². The van der Waals surface area contributed by atoms with Crippen molar-refractivity contribution < 1.29 is 9.53 Å². The molecular weight excluding hydrogens is 306 g/mol. The number of hydrogen-bond donors (Lipinski definition) is 1. The average molecular weight is 318 g/mol. The fourth-order valence-corrected chi connectivity index (χ4v) is 2.42. The van der Waals surface area contributed by atoms with Crippen molar-refractivity contribution in [1.82, 2.24) is 14.5 Å². The highest BCUT2D eigenvalue weighted by Crippen LogP contribution is 2.15. The van der Waals surface area contributed by atoms with Crippen LogP contribution in [-0.4, -0.2) is 27.6 Å². The summed E-state index contributed by atoms with van der Waals surface area (Å²) in [5.74, 6) is -0.418. The molecule has 1 aromatic carbocycles. The second-order valence-electron chi connectivity index (χ2n) is 4.73. The van der Waals surface area contributed by atoms with Gasteiger partial charge < -0.3 is 9.72 Å². The Morgan fingerprint density at radius 1 is 1.41 bits per heavy atom. The average Bonchev–Trinajstić information content (AvgIpc) is 2.82. The number of hydrogen-bond acceptors (Lipinski definition) is 4. The molecule has 0 saturated heterocycles. The molecule has 0 fully saturated rings. The minimum absolute atomic E-state index is 0.284. The molecule has 0 unspecified atom stereocenters. The van der Waals surface area contributed by atoms with Crippen molar-refractivity contribution in [2.45, 2.75) is 6.54 Å². The molecule has 0 atom stereocenters. The number of esters is 1. The molecule has 0 radical (unpaired) electrons. The zero-order valence-electron chi connectivity index (χ0n) is 11.7. The minimum Gasteiger partial charge on any atom is -0.465 e. The molecule has 0 spiro atoms. The summed E-state index contributed by atoms with van der Waals surface area (Å²) in [7, 11) is 1.33. The number of benzene rings is 1. The Hall–Kier alpha value is -2.60. The van der Waals surface area contributed by atoms with E-state index < -0.39 is 5.97 Å². The van der Waals surface area contributed by atoms with Gasteiger partial charge in [0.25, 0.3) is 0 Å². The fourth-order valence-electron chi connectivity index (χ4n) is 2.26. The first-order chi connectivity index (χ1) is 10.6. The number of halogens is 1. The Morgan fingerprint density at radius 3 is 3.00 bits per heavy atom. The van der Waals surface area contributed by atoms with E-state index in [4.69, 9.17) is 16.3 Å². The number of H-pyrrole nitrogens is 1. The van der Waals surface area contributed by atoms with Crippen LogP contribution in [-0.2, 0) is 11.3 Å². The predicted molar refractivity (Wildman–Crippen MR) is 82.2 cm³/mol. The maximum atomic E-state index is 12.1. The first-order valence-corrected chi connectivity index (χ1v) is 6.87. The van der Waals surface area contributed by atoms with Gasteiger partial charge in [-0.25, -0.2) is 14.6 Å². The molecule has 2 aromatic heterocycles. The van der Waals surface area contributed by atoms with E-state index in [1.54, 1.807) is 24.3 Å². The quantitative estimate of drug-likeness (QED) is 0.751. The normalized spacial score (nSPS) is 10.8. The number of nitrogens with one attached hydrogen (secondary N) is 1. The van der Waals surface area contributed by atoms with Crippen LogP contribution in [0.5, 0.6) is 0 Å². The molecule has 0 saturated carbocycles. The van der Waals surface area contributed by atoms with E-state index in [0.717, 1.165) is 5.56 Å². The lowest BCUT2D eigenvalue weighted by molar-refractivity contribution is 0.0600. The van der Waals surface area contributed by atoms with Gasteiger partial charge in [0.05, 0.1) is 29.8 Å². The zero-order chi connectivity index (χ0) is 15.7. The topological polar surface area (TPSA) is 77.0 Å². The van der Waals surface area contributed by atoms with Crippen molar-refractivity contribution in [2.24, 2.45) is 0 Å². The maximum Gasteiger partial charge on any atom is 0.337 e. The standard InChI is InChI=1S/C15H12ClN3O3/c1-22-14(20)10-4-2-3-9(5-10)8-19-13-12(18-15(19)21)6-11(16)7-17-13/h2-7H,8H2,1H3,(H,18,21). The number of pyridine rings is 1. The van der Waals surface area contributed by atoms with Crippen LogP contribution in [0, 0.1) is 0 Å². The lowest BCUT2D eigenvalue weighted by atomic mass is 10.1. The molecule has 2 heterocycles. The van der Waals surface area contributed by atoms with E-state index in [1.165, 1.54) is 17.9 Å². The van der Waals surface area contributed by atoms with Gasteiger partial charge in [-0.2, -0.15) is 0 Å². The number of carbonyl (C=O) groups excluding carboxylic acids is 1. The molecule has 3 aromatic rings. The number of rotatable bonds is 3. The van der Waals surface area contributed by atoms with Crippen LogP contribution >= 0.6 is 11.6 Å². The summed E-state index contributed by atoms with van der Waals surface area (Å²) in [5.41, 5.74) is 2.03. The minimum atomic E-state index is -0.418. The Balaban J connectivity index is 2.02. The van der Waals surface area contributed by atoms with Gasteiger partial charge in [0.15, 0.2) is 5.65 Å². The lowest BCUT2D eigenvalue weighted by Crippen LogP contribution is -2.18. The zero-order valence-corrected chi connectivity index (χ0v) is 12.4. The Labute approximate surface area is 130 Å². The highest BCUT2D eigenvalue weighted by molar-refractivity contribution is 6.31. The molecule has 0 aliphatic rings. The molecule has 0 aliphatic heterocycles. The molecule has 3 rings (SSSR count). The molecule has 0 aliphatic carbocycles. The Bertz CT molecular complexity index is 914. The summed E-state index contributed by atoms with van der Waals surface area (Å²) in [6.45, 7) is 0.290. The van der Waals surface area contributed by atoms with Gasteiger partial charge in [-0.15, -0.1) is 0 Å². The number of ether oxygens (including phenoxy) is 1. The molecule has 112 valence electrons. The second-order valence-corrected chi connectivity index (χ2v) is 5.17. The SMILES string of the molecule is COC(=O)c1cccc(Cn2c(=O)[nH]c3cc(Cl)cnc32)c1. The summed E-state index contributed by atoms with van der Waals surface area (Å²) in [6.07, 6.45) is 1.48. The van der Waals surface area contributed by atoms with E-state index in [2.05, 4.69) is 9.97 Å². The molecule has 22 heavy (non-hydrogen) atoms. The van der Waals surface area contributed by atoms with Crippen LogP contribution < -0.4 is 5.69 Å².